The summed E-state index contributed by atoms with van der Waals surface area (Å²) >= 11 is 11.9. The fourth-order valence-electron chi connectivity index (χ4n) is 2.91. The molecule has 1 aromatic heterocycles. The van der Waals surface area contributed by atoms with Crippen LogP contribution in [-0.2, 0) is 17.9 Å². The number of imidazole rings is 1. The third-order valence-corrected chi connectivity index (χ3v) is 5.20. The van der Waals surface area contributed by atoms with Crippen molar-refractivity contribution < 1.29 is 14.3 Å². The van der Waals surface area contributed by atoms with Crippen molar-refractivity contribution in [3.05, 3.63) is 82.4 Å². The van der Waals surface area contributed by atoms with Crippen molar-refractivity contribution in [1.29, 1.82) is 0 Å². The van der Waals surface area contributed by atoms with Gasteiger partial charge < -0.3 is 19.8 Å². The summed E-state index contributed by atoms with van der Waals surface area (Å²) in [5.74, 6) is 0.123. The Hall–Kier alpha value is -2.54. The maximum atomic E-state index is 11.3. The molecule has 1 unspecified atom stereocenters. The molecule has 0 saturated heterocycles. The Morgan fingerprint density at radius 3 is 2.63 bits per heavy atom. The highest BCUT2D eigenvalue weighted by atomic mass is 35.5. The average molecular weight is 448 g/mol. The largest absolute Gasteiger partial charge is 0.494 e. The van der Waals surface area contributed by atoms with Crippen LogP contribution >= 0.6 is 23.2 Å². The maximum absolute atomic E-state index is 11.3. The maximum Gasteiger partial charge on any atom is 0.268 e. The van der Waals surface area contributed by atoms with Crippen molar-refractivity contribution in [2.45, 2.75) is 32.1 Å². The first-order valence-electron chi connectivity index (χ1n) is 9.56. The monoisotopic (exact) mass is 447 g/mol. The fraction of sp³-hybridized carbons (Fsp3) is 0.273. The van der Waals surface area contributed by atoms with Gasteiger partial charge in [-0.2, -0.15) is 0 Å². The second-order valence-electron chi connectivity index (χ2n) is 6.81. The zero-order chi connectivity index (χ0) is 21.3. The van der Waals surface area contributed by atoms with Gasteiger partial charge in [0.2, 0.25) is 0 Å². The Labute approximate surface area is 185 Å². The lowest BCUT2D eigenvalue weighted by Gasteiger charge is -2.19. The zero-order valence-corrected chi connectivity index (χ0v) is 17.9. The number of primary amides is 1. The fourth-order valence-corrected chi connectivity index (χ4v) is 3.19. The minimum absolute atomic E-state index is 0.0856. The van der Waals surface area contributed by atoms with E-state index >= 15 is 0 Å². The van der Waals surface area contributed by atoms with Crippen LogP contribution in [0.25, 0.3) is 0 Å². The van der Waals surface area contributed by atoms with Gasteiger partial charge >= 0.3 is 0 Å². The molecule has 0 aliphatic heterocycles. The average Bonchev–Trinajstić information content (AvgIpc) is 3.21. The molecule has 2 N–H and O–H groups in total. The molecule has 0 fully saturated rings. The van der Waals surface area contributed by atoms with Crippen LogP contribution in [-0.4, -0.2) is 28.2 Å². The third kappa shape index (κ3) is 6.76. The first kappa shape index (κ1) is 22.2. The number of nitrogens with zero attached hydrogens (tertiary/aromatic N) is 2. The Bertz CT molecular complexity index is 963. The molecule has 1 amide bonds. The number of halogens is 2. The van der Waals surface area contributed by atoms with Crippen molar-refractivity contribution in [2.24, 2.45) is 5.73 Å². The van der Waals surface area contributed by atoms with Crippen molar-refractivity contribution >= 4 is 29.1 Å². The molecule has 1 atom stereocenters. The minimum atomic E-state index is -0.550. The Balaban J connectivity index is 1.55. The van der Waals surface area contributed by atoms with Gasteiger partial charge in [0.05, 0.1) is 35.7 Å². The van der Waals surface area contributed by atoms with Gasteiger partial charge in [0.25, 0.3) is 5.91 Å². The number of amides is 1. The van der Waals surface area contributed by atoms with Crippen LogP contribution in [0, 0.1) is 0 Å². The van der Waals surface area contributed by atoms with Gasteiger partial charge in [0.1, 0.15) is 11.4 Å². The van der Waals surface area contributed by atoms with Crippen molar-refractivity contribution in [2.75, 3.05) is 6.61 Å². The van der Waals surface area contributed by atoms with Crippen LogP contribution in [0.3, 0.4) is 0 Å². The number of hydrogen-bond donors (Lipinski definition) is 1. The predicted octanol–water partition coefficient (Wildman–Crippen LogP) is 4.73. The van der Waals surface area contributed by atoms with E-state index in [1.807, 2.05) is 34.9 Å². The van der Waals surface area contributed by atoms with Crippen LogP contribution in [0.15, 0.2) is 61.1 Å². The Morgan fingerprint density at radius 2 is 1.93 bits per heavy atom. The van der Waals surface area contributed by atoms with E-state index in [0.717, 1.165) is 18.4 Å². The molecule has 30 heavy (non-hydrogen) atoms. The molecule has 3 aromatic rings. The summed E-state index contributed by atoms with van der Waals surface area (Å²) in [5.41, 5.74) is 6.62. The molecule has 0 saturated carbocycles. The molecule has 0 bridgehead atoms. The summed E-state index contributed by atoms with van der Waals surface area (Å²) in [6.07, 6.45) is 4.67. The number of nitrogens with two attached hydrogens (primary N) is 1. The highest BCUT2D eigenvalue weighted by Gasteiger charge is 2.13. The molecule has 6 nitrogen and oxygen atoms in total. The van der Waals surface area contributed by atoms with Gasteiger partial charge in [0.15, 0.2) is 0 Å². The molecule has 3 rings (SSSR count). The zero-order valence-electron chi connectivity index (χ0n) is 16.3. The normalized spacial score (nSPS) is 11.9. The molecule has 0 aliphatic rings. The summed E-state index contributed by atoms with van der Waals surface area (Å²) in [7, 11) is 0. The number of ether oxygens (including phenoxy) is 2. The molecular weight excluding hydrogens is 425 g/mol. The van der Waals surface area contributed by atoms with E-state index in [9.17, 15) is 4.79 Å². The first-order valence-corrected chi connectivity index (χ1v) is 10.3. The molecule has 0 spiro atoms. The number of carbonyl (C=O) groups excluding carboxylic acids is 1. The second-order valence-corrected chi connectivity index (χ2v) is 7.62. The van der Waals surface area contributed by atoms with E-state index in [1.165, 1.54) is 0 Å². The third-order valence-electron chi connectivity index (χ3n) is 4.46. The Kier molecular flexibility index (Phi) is 8.13. The standard InChI is InChI=1S/C22H23Cl2N3O3/c23-19-9-8-17(11-20(19)24)29-10-4-7-18(30-14-16-5-2-1-3-6-16)12-27-13-21(22(25)28)26-15-27/h1-3,5-6,8-9,11,13,15,18H,4,7,10,12,14H2,(H2,25,28). The molecule has 2 aromatic carbocycles. The van der Waals surface area contributed by atoms with E-state index in [2.05, 4.69) is 4.98 Å². The van der Waals surface area contributed by atoms with Gasteiger partial charge in [-0.25, -0.2) is 4.98 Å². The molecule has 158 valence electrons. The van der Waals surface area contributed by atoms with E-state index in [-0.39, 0.29) is 11.8 Å². The smallest absolute Gasteiger partial charge is 0.268 e. The van der Waals surface area contributed by atoms with E-state index < -0.39 is 5.91 Å². The SMILES string of the molecule is NC(=O)c1cn(CC(CCCOc2ccc(Cl)c(Cl)c2)OCc2ccccc2)cn1. The van der Waals surface area contributed by atoms with Crippen LogP contribution in [0.2, 0.25) is 10.0 Å². The van der Waals surface area contributed by atoms with Crippen molar-refractivity contribution in [1.82, 2.24) is 9.55 Å². The molecule has 0 aliphatic carbocycles. The van der Waals surface area contributed by atoms with E-state index in [1.54, 1.807) is 30.7 Å². The molecule has 8 heteroatoms. The van der Waals surface area contributed by atoms with Gasteiger partial charge in [-0.1, -0.05) is 53.5 Å². The minimum Gasteiger partial charge on any atom is -0.494 e. The van der Waals surface area contributed by atoms with E-state index in [4.69, 9.17) is 38.4 Å². The number of benzene rings is 2. The quantitative estimate of drug-likeness (QED) is 0.430. The molecule has 1 heterocycles. The van der Waals surface area contributed by atoms with Crippen molar-refractivity contribution in [3.63, 3.8) is 0 Å². The second kappa shape index (κ2) is 11.0. The molecule has 0 radical (unpaired) electrons. The van der Waals surface area contributed by atoms with E-state index in [0.29, 0.717) is 35.6 Å². The van der Waals surface area contributed by atoms with Gasteiger partial charge in [0, 0.05) is 18.8 Å². The number of carbonyl (C=O) groups is 1. The van der Waals surface area contributed by atoms with Gasteiger partial charge in [-0.3, -0.25) is 4.79 Å². The van der Waals surface area contributed by atoms with Gasteiger partial charge in [-0.15, -0.1) is 0 Å². The van der Waals surface area contributed by atoms with Crippen LogP contribution in [0.1, 0.15) is 28.9 Å². The predicted molar refractivity (Wildman–Crippen MR) is 117 cm³/mol. The summed E-state index contributed by atoms with van der Waals surface area (Å²) in [5, 5.41) is 0.956. The van der Waals surface area contributed by atoms with Gasteiger partial charge in [-0.05, 0) is 30.5 Å². The lowest BCUT2D eigenvalue weighted by molar-refractivity contribution is 0.0203. The topological polar surface area (TPSA) is 79.4 Å². The van der Waals surface area contributed by atoms with Crippen molar-refractivity contribution in [3.8, 4) is 5.75 Å². The van der Waals surface area contributed by atoms with Crippen LogP contribution < -0.4 is 10.5 Å². The molecular formula is C22H23Cl2N3O3. The van der Waals surface area contributed by atoms with Crippen LogP contribution in [0.4, 0.5) is 0 Å². The highest BCUT2D eigenvalue weighted by molar-refractivity contribution is 6.42. The summed E-state index contributed by atoms with van der Waals surface area (Å²) < 4.78 is 13.7. The Morgan fingerprint density at radius 1 is 1.13 bits per heavy atom. The summed E-state index contributed by atoms with van der Waals surface area (Å²) in [6, 6.07) is 15.2. The number of rotatable bonds is 11. The van der Waals surface area contributed by atoms with Crippen LogP contribution in [0.5, 0.6) is 5.75 Å². The first-order chi connectivity index (χ1) is 14.5. The lowest BCUT2D eigenvalue weighted by atomic mass is 10.2. The summed E-state index contributed by atoms with van der Waals surface area (Å²) in [6.45, 7) is 1.57. The highest BCUT2D eigenvalue weighted by Crippen LogP contribution is 2.26. The number of aromatic nitrogens is 2. The number of hydrogen-bond acceptors (Lipinski definition) is 4. The lowest BCUT2D eigenvalue weighted by Crippen LogP contribution is -2.21. The summed E-state index contributed by atoms with van der Waals surface area (Å²) in [4.78, 5) is 15.3.